The van der Waals surface area contributed by atoms with Crippen LogP contribution in [-0.2, 0) is 6.54 Å². The third-order valence-electron chi connectivity index (χ3n) is 3.95. The third-order valence-corrected chi connectivity index (χ3v) is 3.95. The summed E-state index contributed by atoms with van der Waals surface area (Å²) in [6, 6.07) is 6.53. The summed E-state index contributed by atoms with van der Waals surface area (Å²) in [5, 5.41) is 0. The average Bonchev–Trinajstić information content (AvgIpc) is 2.75. The molecule has 0 radical (unpaired) electrons. The van der Waals surface area contributed by atoms with Gasteiger partial charge in [-0.2, -0.15) is 0 Å². The number of nitrogens with zero attached hydrogens (tertiary/aromatic N) is 2. The normalized spacial score (nSPS) is 13.3. The zero-order valence-corrected chi connectivity index (χ0v) is 14.6. The van der Waals surface area contributed by atoms with Gasteiger partial charge in [-0.1, -0.05) is 45.9 Å². The number of benzene rings is 1. The molecule has 3 heteroatoms. The van der Waals surface area contributed by atoms with E-state index in [4.69, 9.17) is 10.7 Å². The molecule has 0 bridgehead atoms. The second-order valence-electron chi connectivity index (χ2n) is 7.15. The minimum Gasteiger partial charge on any atom is -0.323 e. The van der Waals surface area contributed by atoms with Gasteiger partial charge in [0.05, 0.1) is 17.1 Å². The molecule has 1 aromatic heterocycles. The van der Waals surface area contributed by atoms with Crippen molar-refractivity contribution in [3.8, 4) is 0 Å². The van der Waals surface area contributed by atoms with Crippen LogP contribution in [0.15, 0.2) is 30.4 Å². The lowest BCUT2D eigenvalue weighted by Crippen LogP contribution is -2.19. The Balaban J connectivity index is 2.54. The Labute approximate surface area is 134 Å². The largest absolute Gasteiger partial charge is 0.323 e. The fraction of sp³-hybridized carbons (Fsp3) is 0.526. The molecule has 0 aliphatic heterocycles. The molecule has 0 aliphatic carbocycles. The predicted molar refractivity (Wildman–Crippen MR) is 95.0 cm³/mol. The van der Waals surface area contributed by atoms with E-state index >= 15 is 0 Å². The molecule has 2 N–H and O–H groups in total. The van der Waals surface area contributed by atoms with Crippen LogP contribution in [0.5, 0.6) is 0 Å². The summed E-state index contributed by atoms with van der Waals surface area (Å²) in [4.78, 5) is 4.86. The van der Waals surface area contributed by atoms with Crippen molar-refractivity contribution in [2.24, 2.45) is 11.7 Å². The molecule has 1 aromatic carbocycles. The third kappa shape index (κ3) is 3.58. The average molecular weight is 299 g/mol. The van der Waals surface area contributed by atoms with Gasteiger partial charge in [-0.05, 0) is 42.9 Å². The van der Waals surface area contributed by atoms with Crippen LogP contribution < -0.4 is 5.73 Å². The Morgan fingerprint density at radius 1 is 1.27 bits per heavy atom. The summed E-state index contributed by atoms with van der Waals surface area (Å²) in [6.07, 6.45) is 0.941. The SMILES string of the molecule is C=C(C)Cn1c(C(N)CC(C)C)nc2cc(C(C)C)ccc21. The number of rotatable bonds is 6. The molecule has 22 heavy (non-hydrogen) atoms. The van der Waals surface area contributed by atoms with Gasteiger partial charge in [0.1, 0.15) is 5.82 Å². The van der Waals surface area contributed by atoms with E-state index in [0.717, 1.165) is 35.4 Å². The second-order valence-corrected chi connectivity index (χ2v) is 7.15. The first-order valence-electron chi connectivity index (χ1n) is 8.19. The highest BCUT2D eigenvalue weighted by Gasteiger charge is 2.18. The highest BCUT2D eigenvalue weighted by molar-refractivity contribution is 5.77. The smallest absolute Gasteiger partial charge is 0.127 e. The molecule has 120 valence electrons. The van der Waals surface area contributed by atoms with Gasteiger partial charge in [0.25, 0.3) is 0 Å². The van der Waals surface area contributed by atoms with Crippen molar-refractivity contribution in [3.63, 3.8) is 0 Å². The van der Waals surface area contributed by atoms with E-state index in [1.807, 2.05) is 6.92 Å². The lowest BCUT2D eigenvalue weighted by Gasteiger charge is -2.16. The van der Waals surface area contributed by atoms with Crippen LogP contribution in [0.1, 0.15) is 64.4 Å². The molecule has 0 saturated carbocycles. The molecular weight excluding hydrogens is 270 g/mol. The summed E-state index contributed by atoms with van der Waals surface area (Å²) in [6.45, 7) is 15.7. The topological polar surface area (TPSA) is 43.8 Å². The van der Waals surface area contributed by atoms with Crippen molar-refractivity contribution in [1.82, 2.24) is 9.55 Å². The zero-order chi connectivity index (χ0) is 16.4. The molecule has 0 fully saturated rings. The molecule has 1 unspecified atom stereocenters. The Morgan fingerprint density at radius 2 is 1.95 bits per heavy atom. The molecule has 0 saturated heterocycles. The van der Waals surface area contributed by atoms with Crippen molar-refractivity contribution in [1.29, 1.82) is 0 Å². The van der Waals surface area contributed by atoms with E-state index in [1.54, 1.807) is 0 Å². The van der Waals surface area contributed by atoms with E-state index < -0.39 is 0 Å². The van der Waals surface area contributed by atoms with Gasteiger partial charge < -0.3 is 10.3 Å². The van der Waals surface area contributed by atoms with Crippen LogP contribution in [0, 0.1) is 5.92 Å². The zero-order valence-electron chi connectivity index (χ0n) is 14.6. The van der Waals surface area contributed by atoms with Crippen molar-refractivity contribution in [2.75, 3.05) is 0 Å². The summed E-state index contributed by atoms with van der Waals surface area (Å²) in [5.41, 5.74) is 11.1. The number of nitrogens with two attached hydrogens (primary N) is 1. The predicted octanol–water partition coefficient (Wildman–Crippen LogP) is 4.78. The number of imidazole rings is 1. The lowest BCUT2D eigenvalue weighted by molar-refractivity contribution is 0.481. The minimum atomic E-state index is -0.0331. The van der Waals surface area contributed by atoms with E-state index in [0.29, 0.717) is 11.8 Å². The van der Waals surface area contributed by atoms with Gasteiger partial charge in [0, 0.05) is 6.54 Å². The summed E-state index contributed by atoms with van der Waals surface area (Å²) in [7, 11) is 0. The number of fused-ring (bicyclic) bond motifs is 1. The monoisotopic (exact) mass is 299 g/mol. The number of allylic oxidation sites excluding steroid dienone is 1. The maximum Gasteiger partial charge on any atom is 0.127 e. The maximum atomic E-state index is 6.42. The van der Waals surface area contributed by atoms with Gasteiger partial charge in [-0.3, -0.25) is 0 Å². The molecule has 0 spiro atoms. The summed E-state index contributed by atoms with van der Waals surface area (Å²) >= 11 is 0. The first-order valence-corrected chi connectivity index (χ1v) is 8.19. The van der Waals surface area contributed by atoms with Crippen LogP contribution in [0.4, 0.5) is 0 Å². The quantitative estimate of drug-likeness (QED) is 0.780. The number of aromatic nitrogens is 2. The minimum absolute atomic E-state index is 0.0331. The van der Waals surface area contributed by atoms with Crippen molar-refractivity contribution in [3.05, 3.63) is 41.7 Å². The molecule has 3 nitrogen and oxygen atoms in total. The van der Waals surface area contributed by atoms with E-state index in [2.05, 4.69) is 57.0 Å². The van der Waals surface area contributed by atoms with Crippen LogP contribution in [0.2, 0.25) is 0 Å². The fourth-order valence-electron chi connectivity index (χ4n) is 2.86. The first kappa shape index (κ1) is 16.8. The molecule has 0 aliphatic rings. The van der Waals surface area contributed by atoms with Crippen LogP contribution in [-0.4, -0.2) is 9.55 Å². The van der Waals surface area contributed by atoms with Crippen molar-refractivity contribution < 1.29 is 0 Å². The number of hydrogen-bond donors (Lipinski definition) is 1. The van der Waals surface area contributed by atoms with Gasteiger partial charge in [-0.25, -0.2) is 4.98 Å². The van der Waals surface area contributed by atoms with Gasteiger partial charge in [-0.15, -0.1) is 0 Å². The lowest BCUT2D eigenvalue weighted by atomic mass is 10.0. The molecule has 0 amide bonds. The second kappa shape index (κ2) is 6.66. The van der Waals surface area contributed by atoms with E-state index in [9.17, 15) is 0 Å². The molecule has 1 heterocycles. The van der Waals surface area contributed by atoms with Gasteiger partial charge >= 0.3 is 0 Å². The van der Waals surface area contributed by atoms with Gasteiger partial charge in [0.2, 0.25) is 0 Å². The van der Waals surface area contributed by atoms with Crippen LogP contribution in [0.3, 0.4) is 0 Å². The molecule has 1 atom stereocenters. The maximum absolute atomic E-state index is 6.42. The number of hydrogen-bond acceptors (Lipinski definition) is 2. The Kier molecular flexibility index (Phi) is 5.07. The van der Waals surface area contributed by atoms with Crippen LogP contribution in [0.25, 0.3) is 11.0 Å². The molecule has 2 rings (SSSR count). The molecular formula is C19H29N3. The highest BCUT2D eigenvalue weighted by Crippen LogP contribution is 2.27. The summed E-state index contributed by atoms with van der Waals surface area (Å²) < 4.78 is 2.23. The van der Waals surface area contributed by atoms with Crippen molar-refractivity contribution in [2.45, 2.75) is 59.5 Å². The van der Waals surface area contributed by atoms with Gasteiger partial charge in [0.15, 0.2) is 0 Å². The fourth-order valence-corrected chi connectivity index (χ4v) is 2.86. The summed E-state index contributed by atoms with van der Waals surface area (Å²) in [5.74, 6) is 2.04. The van der Waals surface area contributed by atoms with E-state index in [1.165, 1.54) is 5.56 Å². The van der Waals surface area contributed by atoms with Crippen molar-refractivity contribution >= 4 is 11.0 Å². The standard InChI is InChI=1S/C19H29N3/c1-12(2)9-16(20)19-21-17-10-15(14(5)6)7-8-18(17)22(19)11-13(3)4/h7-8,10,12,14,16H,3,9,11,20H2,1-2,4-6H3. The molecule has 2 aromatic rings. The Morgan fingerprint density at radius 3 is 2.50 bits per heavy atom. The Hall–Kier alpha value is -1.61. The Bertz CT molecular complexity index is 665. The highest BCUT2D eigenvalue weighted by atomic mass is 15.1. The first-order chi connectivity index (χ1) is 10.3. The van der Waals surface area contributed by atoms with E-state index in [-0.39, 0.29) is 6.04 Å². The van der Waals surface area contributed by atoms with Crippen LogP contribution >= 0.6 is 0 Å².